The van der Waals surface area contributed by atoms with Crippen LogP contribution in [0.2, 0.25) is 5.02 Å². The molecule has 0 radical (unpaired) electrons. The van der Waals surface area contributed by atoms with Crippen LogP contribution >= 0.6 is 34.7 Å². The van der Waals surface area contributed by atoms with E-state index < -0.39 is 0 Å². The van der Waals surface area contributed by atoms with Gasteiger partial charge in [-0.25, -0.2) is 9.78 Å². The molecular formula is C22H21ClN2O3S2. The number of thiazole rings is 1. The Labute approximate surface area is 188 Å². The van der Waals surface area contributed by atoms with Gasteiger partial charge in [-0.3, -0.25) is 4.79 Å². The van der Waals surface area contributed by atoms with Gasteiger partial charge in [0.2, 0.25) is 5.91 Å². The van der Waals surface area contributed by atoms with Gasteiger partial charge in [-0.2, -0.15) is 0 Å². The Hall–Kier alpha value is -2.35. The zero-order valence-electron chi connectivity index (χ0n) is 16.4. The first kappa shape index (κ1) is 22.3. The van der Waals surface area contributed by atoms with Crippen molar-refractivity contribution in [2.45, 2.75) is 24.1 Å². The Morgan fingerprint density at radius 2 is 1.87 bits per heavy atom. The van der Waals surface area contributed by atoms with E-state index in [1.54, 1.807) is 24.3 Å². The number of esters is 1. The molecule has 30 heavy (non-hydrogen) atoms. The molecule has 8 heteroatoms. The van der Waals surface area contributed by atoms with Crippen LogP contribution in [0.4, 0.5) is 5.69 Å². The van der Waals surface area contributed by atoms with E-state index in [9.17, 15) is 9.59 Å². The van der Waals surface area contributed by atoms with E-state index in [0.717, 1.165) is 28.4 Å². The van der Waals surface area contributed by atoms with E-state index in [1.807, 2.05) is 36.6 Å². The van der Waals surface area contributed by atoms with Crippen molar-refractivity contribution in [1.29, 1.82) is 0 Å². The maximum absolute atomic E-state index is 12.2. The number of carbonyl (C=O) groups excluding carboxylic acids is 2. The highest BCUT2D eigenvalue weighted by Crippen LogP contribution is 2.29. The normalized spacial score (nSPS) is 10.6. The summed E-state index contributed by atoms with van der Waals surface area (Å²) in [5.74, 6) is -0.243. The van der Waals surface area contributed by atoms with Crippen LogP contribution in [0.5, 0.6) is 0 Å². The summed E-state index contributed by atoms with van der Waals surface area (Å²) < 4.78 is 5.99. The highest BCUT2D eigenvalue weighted by atomic mass is 35.5. The van der Waals surface area contributed by atoms with Crippen LogP contribution in [-0.2, 0) is 9.53 Å². The summed E-state index contributed by atoms with van der Waals surface area (Å²) in [6.45, 7) is 2.46. The van der Waals surface area contributed by atoms with Gasteiger partial charge in [-0.1, -0.05) is 48.8 Å². The standard InChI is InChI=1S/C22H21ClN2O3S2/c1-2-3-12-28-21(27)16-6-10-18(11-7-16)24-20(26)14-30-22-25-19(13-29-22)15-4-8-17(23)9-5-15/h4-11,13H,2-3,12,14H2,1H3,(H,24,26). The number of amides is 1. The first-order valence-corrected chi connectivity index (χ1v) is 11.7. The van der Waals surface area contributed by atoms with Gasteiger partial charge in [0.1, 0.15) is 0 Å². The highest BCUT2D eigenvalue weighted by molar-refractivity contribution is 8.01. The number of hydrogen-bond acceptors (Lipinski definition) is 6. The van der Waals surface area contributed by atoms with Crippen LogP contribution in [0.3, 0.4) is 0 Å². The van der Waals surface area contributed by atoms with E-state index >= 15 is 0 Å². The molecule has 0 saturated carbocycles. The van der Waals surface area contributed by atoms with Crippen LogP contribution in [0, 0.1) is 0 Å². The van der Waals surface area contributed by atoms with Gasteiger partial charge in [0.15, 0.2) is 4.34 Å². The predicted molar refractivity (Wildman–Crippen MR) is 124 cm³/mol. The van der Waals surface area contributed by atoms with Crippen molar-refractivity contribution in [1.82, 2.24) is 4.98 Å². The van der Waals surface area contributed by atoms with Crippen LogP contribution in [0.25, 0.3) is 11.3 Å². The van der Waals surface area contributed by atoms with Crippen LogP contribution in [0.1, 0.15) is 30.1 Å². The Balaban J connectivity index is 1.48. The topological polar surface area (TPSA) is 68.3 Å². The van der Waals surface area contributed by atoms with Gasteiger partial charge in [-0.15, -0.1) is 11.3 Å². The summed E-state index contributed by atoms with van der Waals surface area (Å²) in [4.78, 5) is 28.7. The molecule has 0 bridgehead atoms. The van der Waals surface area contributed by atoms with E-state index in [0.29, 0.717) is 22.9 Å². The molecule has 0 aliphatic rings. The summed E-state index contributed by atoms with van der Waals surface area (Å²) in [7, 11) is 0. The largest absolute Gasteiger partial charge is 0.462 e. The molecule has 0 aliphatic carbocycles. The Bertz CT molecular complexity index is 988. The van der Waals surface area contributed by atoms with Crippen LogP contribution in [-0.4, -0.2) is 29.2 Å². The van der Waals surface area contributed by atoms with Crippen molar-refractivity contribution in [3.8, 4) is 11.3 Å². The van der Waals surface area contributed by atoms with E-state index in [-0.39, 0.29) is 17.6 Å². The van der Waals surface area contributed by atoms with E-state index in [4.69, 9.17) is 16.3 Å². The predicted octanol–water partition coefficient (Wildman–Crippen LogP) is 6.15. The van der Waals surface area contributed by atoms with Crippen LogP contribution in [0.15, 0.2) is 58.3 Å². The number of carbonyl (C=O) groups is 2. The highest BCUT2D eigenvalue weighted by Gasteiger charge is 2.10. The SMILES string of the molecule is CCCCOC(=O)c1ccc(NC(=O)CSc2nc(-c3ccc(Cl)cc3)cs2)cc1. The molecule has 0 atom stereocenters. The number of thioether (sulfide) groups is 1. The molecular weight excluding hydrogens is 440 g/mol. The second kappa shape index (κ2) is 11.2. The number of hydrogen-bond donors (Lipinski definition) is 1. The molecule has 1 aromatic heterocycles. The average Bonchev–Trinajstić information content (AvgIpc) is 3.22. The quantitative estimate of drug-likeness (QED) is 0.235. The molecule has 0 aliphatic heterocycles. The maximum Gasteiger partial charge on any atom is 0.338 e. The first-order chi connectivity index (χ1) is 14.5. The van der Waals surface area contributed by atoms with Gasteiger partial charge in [0, 0.05) is 21.7 Å². The summed E-state index contributed by atoms with van der Waals surface area (Å²) in [5.41, 5.74) is 2.95. The number of benzene rings is 2. The lowest BCUT2D eigenvalue weighted by Gasteiger charge is -2.06. The lowest BCUT2D eigenvalue weighted by molar-refractivity contribution is -0.113. The molecule has 1 heterocycles. The fourth-order valence-corrected chi connectivity index (χ4v) is 4.24. The third kappa shape index (κ3) is 6.58. The van der Waals surface area contributed by atoms with E-state index in [2.05, 4.69) is 10.3 Å². The van der Waals surface area contributed by atoms with Crippen molar-refractivity contribution in [3.05, 3.63) is 64.5 Å². The molecule has 3 rings (SSSR count). The summed E-state index contributed by atoms with van der Waals surface area (Å²) in [6.07, 6.45) is 1.82. The third-order valence-electron chi connectivity index (χ3n) is 4.09. The number of unbranched alkanes of at least 4 members (excludes halogenated alkanes) is 1. The molecule has 0 spiro atoms. The Morgan fingerprint density at radius 3 is 2.57 bits per heavy atom. The van der Waals surface area contributed by atoms with Crippen molar-refractivity contribution in [2.24, 2.45) is 0 Å². The monoisotopic (exact) mass is 460 g/mol. The minimum atomic E-state index is -0.350. The number of rotatable bonds is 9. The second-order valence-electron chi connectivity index (χ2n) is 6.41. The first-order valence-electron chi connectivity index (χ1n) is 9.46. The van der Waals surface area contributed by atoms with Gasteiger partial charge >= 0.3 is 5.97 Å². The molecule has 1 amide bonds. The minimum Gasteiger partial charge on any atom is -0.462 e. The van der Waals surface area contributed by atoms with Gasteiger partial charge < -0.3 is 10.1 Å². The molecule has 0 fully saturated rings. The lowest BCUT2D eigenvalue weighted by Crippen LogP contribution is -2.14. The van der Waals surface area contributed by atoms with Gasteiger partial charge in [-0.05, 0) is 42.8 Å². The fourth-order valence-electron chi connectivity index (χ4n) is 2.48. The smallest absolute Gasteiger partial charge is 0.338 e. The van der Waals surface area contributed by atoms with Crippen molar-refractivity contribution >= 4 is 52.3 Å². The van der Waals surface area contributed by atoms with Crippen LogP contribution < -0.4 is 5.32 Å². The molecule has 0 unspecified atom stereocenters. The van der Waals surface area contributed by atoms with Gasteiger partial charge in [0.05, 0.1) is 23.6 Å². The number of anilines is 1. The Kier molecular flexibility index (Phi) is 8.30. The molecule has 2 aromatic carbocycles. The van der Waals surface area contributed by atoms with Gasteiger partial charge in [0.25, 0.3) is 0 Å². The zero-order chi connectivity index (χ0) is 21.3. The average molecular weight is 461 g/mol. The number of halogens is 1. The summed E-state index contributed by atoms with van der Waals surface area (Å²) in [5, 5.41) is 5.47. The van der Waals surface area contributed by atoms with Crippen molar-refractivity contribution in [2.75, 3.05) is 17.7 Å². The zero-order valence-corrected chi connectivity index (χ0v) is 18.8. The number of nitrogens with one attached hydrogen (secondary N) is 1. The lowest BCUT2D eigenvalue weighted by atomic mass is 10.2. The molecule has 156 valence electrons. The number of ether oxygens (including phenoxy) is 1. The summed E-state index contributed by atoms with van der Waals surface area (Å²) >= 11 is 8.79. The van der Waals surface area contributed by atoms with Crippen molar-refractivity contribution < 1.29 is 14.3 Å². The van der Waals surface area contributed by atoms with Crippen molar-refractivity contribution in [3.63, 3.8) is 0 Å². The number of aromatic nitrogens is 1. The third-order valence-corrected chi connectivity index (χ3v) is 6.36. The minimum absolute atomic E-state index is 0.137. The number of nitrogens with zero attached hydrogens (tertiary/aromatic N) is 1. The molecule has 3 aromatic rings. The molecule has 1 N–H and O–H groups in total. The molecule has 0 saturated heterocycles. The Morgan fingerprint density at radius 1 is 1.13 bits per heavy atom. The fraction of sp³-hybridized carbons (Fsp3) is 0.227. The molecule has 5 nitrogen and oxygen atoms in total. The second-order valence-corrected chi connectivity index (χ2v) is 8.93. The summed E-state index contributed by atoms with van der Waals surface area (Å²) in [6, 6.07) is 14.2. The maximum atomic E-state index is 12.2. The van der Waals surface area contributed by atoms with E-state index in [1.165, 1.54) is 23.1 Å².